The fourth-order valence-corrected chi connectivity index (χ4v) is 4.56. The number of pyridine rings is 1. The van der Waals surface area contributed by atoms with Crippen molar-refractivity contribution in [2.24, 2.45) is 0 Å². The molecule has 0 aliphatic carbocycles. The lowest BCUT2D eigenvalue weighted by Crippen LogP contribution is -2.22. The number of carbonyl (C=O) groups excluding carboxylic acids is 1. The summed E-state index contributed by atoms with van der Waals surface area (Å²) in [7, 11) is -3.81. The van der Waals surface area contributed by atoms with Gasteiger partial charge in [0.25, 0.3) is 5.91 Å². The van der Waals surface area contributed by atoms with E-state index in [9.17, 15) is 17.6 Å². The number of rotatable bonds is 6. The smallest absolute Gasteiger partial charge is 0.287 e. The molecule has 0 saturated heterocycles. The number of furan rings is 1. The summed E-state index contributed by atoms with van der Waals surface area (Å²) in [4.78, 5) is 16.4. The molecule has 5 aromatic rings. The van der Waals surface area contributed by atoms with Gasteiger partial charge in [-0.05, 0) is 54.1 Å². The fraction of sp³-hybridized carbons (Fsp3) is 0.0417. The lowest BCUT2D eigenvalue weighted by atomic mass is 10.2. The van der Waals surface area contributed by atoms with Gasteiger partial charge in [0.05, 0.1) is 23.0 Å². The van der Waals surface area contributed by atoms with E-state index in [4.69, 9.17) is 4.42 Å². The minimum absolute atomic E-state index is 0.0113. The maximum atomic E-state index is 13.1. The minimum Gasteiger partial charge on any atom is -0.449 e. The van der Waals surface area contributed by atoms with E-state index in [1.54, 1.807) is 30.5 Å². The quantitative estimate of drug-likeness (QED) is 0.398. The first-order valence-electron chi connectivity index (χ1n) is 10.2. The summed E-state index contributed by atoms with van der Waals surface area (Å²) in [5, 5.41) is 7.60. The van der Waals surface area contributed by atoms with Crippen LogP contribution in [0.1, 0.15) is 16.1 Å². The Labute approximate surface area is 193 Å². The van der Waals surface area contributed by atoms with Gasteiger partial charge in [-0.2, -0.15) is 5.10 Å². The van der Waals surface area contributed by atoms with Crippen LogP contribution in [0.4, 0.5) is 4.39 Å². The van der Waals surface area contributed by atoms with E-state index >= 15 is 0 Å². The SMILES string of the molecule is O=C(NCc1ccc(S(=O)(=O)c2cnn(-c3ccc(F)cc3)c2)cc1)c1cc2ccncc2o1. The number of fused-ring (bicyclic) bond motifs is 1. The zero-order valence-electron chi connectivity index (χ0n) is 17.6. The zero-order chi connectivity index (χ0) is 23.7. The first-order valence-corrected chi connectivity index (χ1v) is 11.6. The van der Waals surface area contributed by atoms with Gasteiger partial charge in [-0.3, -0.25) is 9.78 Å². The molecule has 5 rings (SSSR count). The molecule has 2 aromatic carbocycles. The molecule has 8 nitrogen and oxygen atoms in total. The summed E-state index contributed by atoms with van der Waals surface area (Å²) in [6, 6.07) is 15.1. The summed E-state index contributed by atoms with van der Waals surface area (Å²) < 4.78 is 45.9. The van der Waals surface area contributed by atoms with Crippen LogP contribution in [0, 0.1) is 5.82 Å². The van der Waals surface area contributed by atoms with Crippen LogP contribution in [0.5, 0.6) is 0 Å². The Morgan fingerprint density at radius 2 is 1.76 bits per heavy atom. The summed E-state index contributed by atoms with van der Waals surface area (Å²) >= 11 is 0. The van der Waals surface area contributed by atoms with Crippen molar-refractivity contribution in [3.8, 4) is 5.69 Å². The Hall–Kier alpha value is -4.31. The van der Waals surface area contributed by atoms with Crippen molar-refractivity contribution in [2.75, 3.05) is 0 Å². The van der Waals surface area contributed by atoms with Gasteiger partial charge < -0.3 is 9.73 Å². The predicted molar refractivity (Wildman–Crippen MR) is 121 cm³/mol. The molecule has 0 atom stereocenters. The molecule has 0 bridgehead atoms. The molecule has 0 unspecified atom stereocenters. The molecule has 0 spiro atoms. The monoisotopic (exact) mass is 476 g/mol. The second-order valence-electron chi connectivity index (χ2n) is 7.45. The van der Waals surface area contributed by atoms with Gasteiger partial charge in [-0.15, -0.1) is 0 Å². The molecule has 34 heavy (non-hydrogen) atoms. The molecule has 0 fully saturated rings. The van der Waals surface area contributed by atoms with Crippen LogP contribution in [-0.4, -0.2) is 29.1 Å². The highest BCUT2D eigenvalue weighted by Crippen LogP contribution is 2.22. The van der Waals surface area contributed by atoms with Crippen molar-refractivity contribution in [1.29, 1.82) is 0 Å². The van der Waals surface area contributed by atoms with Crippen LogP contribution in [0.25, 0.3) is 16.7 Å². The zero-order valence-corrected chi connectivity index (χ0v) is 18.4. The Bertz CT molecular complexity index is 1560. The van der Waals surface area contributed by atoms with E-state index in [0.29, 0.717) is 16.8 Å². The van der Waals surface area contributed by atoms with Gasteiger partial charge in [0.2, 0.25) is 9.84 Å². The van der Waals surface area contributed by atoms with Crippen LogP contribution in [-0.2, 0) is 16.4 Å². The first kappa shape index (κ1) is 21.5. The number of carbonyl (C=O) groups is 1. The van der Waals surface area contributed by atoms with E-state index in [-0.39, 0.29) is 28.0 Å². The number of aromatic nitrogens is 3. The van der Waals surface area contributed by atoms with E-state index < -0.39 is 15.7 Å². The molecule has 10 heteroatoms. The van der Waals surface area contributed by atoms with Gasteiger partial charge in [0, 0.05) is 24.3 Å². The number of nitrogens with zero attached hydrogens (tertiary/aromatic N) is 3. The van der Waals surface area contributed by atoms with Crippen molar-refractivity contribution >= 4 is 26.7 Å². The second kappa shape index (κ2) is 8.56. The van der Waals surface area contributed by atoms with Crippen molar-refractivity contribution in [3.05, 3.63) is 103 Å². The third-order valence-corrected chi connectivity index (χ3v) is 6.92. The number of sulfone groups is 1. The van der Waals surface area contributed by atoms with Gasteiger partial charge in [-0.1, -0.05) is 12.1 Å². The predicted octanol–water partition coefficient (Wildman–Crippen LogP) is 3.92. The van der Waals surface area contributed by atoms with Gasteiger partial charge in [0.1, 0.15) is 10.7 Å². The number of hydrogen-bond acceptors (Lipinski definition) is 6. The number of benzene rings is 2. The van der Waals surface area contributed by atoms with E-state index in [0.717, 1.165) is 5.39 Å². The van der Waals surface area contributed by atoms with Crippen LogP contribution in [0.15, 0.2) is 99.7 Å². The molecule has 170 valence electrons. The molecule has 1 amide bonds. The first-order chi connectivity index (χ1) is 16.4. The van der Waals surface area contributed by atoms with Gasteiger partial charge >= 0.3 is 0 Å². The van der Waals surface area contributed by atoms with E-state index in [1.807, 2.05) is 0 Å². The second-order valence-corrected chi connectivity index (χ2v) is 9.40. The van der Waals surface area contributed by atoms with Crippen LogP contribution < -0.4 is 5.32 Å². The molecule has 0 radical (unpaired) electrons. The molecule has 0 saturated carbocycles. The molecule has 1 N–H and O–H groups in total. The summed E-state index contributed by atoms with van der Waals surface area (Å²) in [6.07, 6.45) is 5.77. The van der Waals surface area contributed by atoms with Crippen LogP contribution in [0.2, 0.25) is 0 Å². The lowest BCUT2D eigenvalue weighted by Gasteiger charge is -2.06. The summed E-state index contributed by atoms with van der Waals surface area (Å²) in [6.45, 7) is 0.191. The summed E-state index contributed by atoms with van der Waals surface area (Å²) in [5.41, 5.74) is 1.77. The number of halogens is 1. The summed E-state index contributed by atoms with van der Waals surface area (Å²) in [5.74, 6) is -0.614. The third kappa shape index (κ3) is 4.18. The Morgan fingerprint density at radius 3 is 2.50 bits per heavy atom. The van der Waals surface area contributed by atoms with Crippen molar-refractivity contribution < 1.29 is 22.0 Å². The Kier molecular flexibility index (Phi) is 5.42. The van der Waals surface area contributed by atoms with Crippen molar-refractivity contribution in [3.63, 3.8) is 0 Å². The topological polar surface area (TPSA) is 107 Å². The fourth-order valence-electron chi connectivity index (χ4n) is 3.37. The van der Waals surface area contributed by atoms with Crippen LogP contribution >= 0.6 is 0 Å². The van der Waals surface area contributed by atoms with Gasteiger partial charge in [0.15, 0.2) is 11.3 Å². The van der Waals surface area contributed by atoms with Crippen molar-refractivity contribution in [2.45, 2.75) is 16.3 Å². The number of hydrogen-bond donors (Lipinski definition) is 1. The highest BCUT2D eigenvalue weighted by molar-refractivity contribution is 7.91. The molecule has 0 aliphatic rings. The average molecular weight is 476 g/mol. The van der Waals surface area contributed by atoms with E-state index in [2.05, 4.69) is 15.4 Å². The average Bonchev–Trinajstić information content (AvgIpc) is 3.51. The maximum absolute atomic E-state index is 13.1. The maximum Gasteiger partial charge on any atom is 0.287 e. The molecule has 3 aromatic heterocycles. The highest BCUT2D eigenvalue weighted by Gasteiger charge is 2.20. The minimum atomic E-state index is -3.81. The van der Waals surface area contributed by atoms with Gasteiger partial charge in [-0.25, -0.2) is 17.5 Å². The Morgan fingerprint density at radius 1 is 1.00 bits per heavy atom. The molecule has 0 aliphatic heterocycles. The number of amides is 1. The third-order valence-electron chi connectivity index (χ3n) is 5.19. The number of nitrogens with one attached hydrogen (secondary N) is 1. The molecular weight excluding hydrogens is 459 g/mol. The standard InChI is InChI=1S/C24H17FN4O4S/c25-18-3-5-19(6-4-18)29-15-21(13-28-29)34(31,32)20-7-1-16(2-8-20)12-27-24(30)22-11-17-9-10-26-14-23(17)33-22/h1-11,13-15H,12H2,(H,27,30). The van der Waals surface area contributed by atoms with E-state index in [1.165, 1.54) is 59.7 Å². The van der Waals surface area contributed by atoms with Crippen molar-refractivity contribution in [1.82, 2.24) is 20.1 Å². The molecule has 3 heterocycles. The molecular formula is C24H17FN4O4S. The lowest BCUT2D eigenvalue weighted by molar-refractivity contribution is 0.0925. The highest BCUT2D eigenvalue weighted by atomic mass is 32.2. The van der Waals surface area contributed by atoms with Crippen LogP contribution in [0.3, 0.4) is 0 Å². The normalized spacial score (nSPS) is 11.6. The Balaban J connectivity index is 1.27. The largest absolute Gasteiger partial charge is 0.449 e.